The molecule has 28 heavy (non-hydrogen) atoms. The summed E-state index contributed by atoms with van der Waals surface area (Å²) in [6.45, 7) is 3.60. The van der Waals surface area contributed by atoms with Gasteiger partial charge in [0.15, 0.2) is 0 Å². The normalized spacial score (nSPS) is 16.6. The van der Waals surface area contributed by atoms with Crippen molar-refractivity contribution in [2.45, 2.75) is 30.2 Å². The maximum Gasteiger partial charge on any atom is 0.266 e. The highest BCUT2D eigenvalue weighted by molar-refractivity contribution is 7.93. The van der Waals surface area contributed by atoms with Gasteiger partial charge in [0.1, 0.15) is 17.0 Å². The van der Waals surface area contributed by atoms with Crippen LogP contribution in [-0.4, -0.2) is 50.0 Å². The third-order valence-electron chi connectivity index (χ3n) is 4.31. The minimum atomic E-state index is -4.14. The fraction of sp³-hybridized carbons (Fsp3) is 0.500. The first-order valence-electron chi connectivity index (χ1n) is 8.92. The van der Waals surface area contributed by atoms with Crippen LogP contribution in [0.2, 0.25) is 5.02 Å². The summed E-state index contributed by atoms with van der Waals surface area (Å²) in [5.41, 5.74) is 0.362. The van der Waals surface area contributed by atoms with Gasteiger partial charge in [0.05, 0.1) is 10.7 Å². The third-order valence-corrected chi connectivity index (χ3v) is 6.68. The van der Waals surface area contributed by atoms with Crippen LogP contribution in [0.15, 0.2) is 23.4 Å². The number of hydrogen-bond acceptors (Lipinski definition) is 8. The first-order valence-corrected chi connectivity index (χ1v) is 11.6. The number of hydrogen-bond donors (Lipinski definition) is 4. The fourth-order valence-corrected chi connectivity index (χ4v) is 4.70. The van der Waals surface area contributed by atoms with E-state index in [4.69, 9.17) is 11.6 Å². The second-order valence-corrected chi connectivity index (χ2v) is 9.23. The Morgan fingerprint density at radius 1 is 1.32 bits per heavy atom. The second kappa shape index (κ2) is 9.79. The average Bonchev–Trinajstić information content (AvgIpc) is 3.10. The van der Waals surface area contributed by atoms with Crippen LogP contribution in [-0.2, 0) is 10.0 Å². The number of anilines is 2. The molecule has 8 nitrogen and oxygen atoms in total. The van der Waals surface area contributed by atoms with Crippen molar-refractivity contribution in [3.05, 3.63) is 29.3 Å². The van der Waals surface area contributed by atoms with Crippen molar-refractivity contribution in [2.24, 2.45) is 0 Å². The van der Waals surface area contributed by atoms with Crippen LogP contribution in [0, 0.1) is 5.82 Å². The molecule has 1 aromatic heterocycles. The second-order valence-electron chi connectivity index (χ2n) is 6.39. The van der Waals surface area contributed by atoms with Crippen molar-refractivity contribution < 1.29 is 12.8 Å². The minimum Gasteiger partial charge on any atom is -0.384 e. The molecule has 0 radical (unpaired) electrons. The molecule has 0 spiro atoms. The lowest BCUT2D eigenvalue weighted by Crippen LogP contribution is -2.49. The van der Waals surface area contributed by atoms with Gasteiger partial charge < -0.3 is 16.0 Å². The smallest absolute Gasteiger partial charge is 0.266 e. The lowest BCUT2D eigenvalue weighted by Gasteiger charge is -2.27. The predicted molar refractivity (Wildman–Crippen MR) is 109 cm³/mol. The quantitative estimate of drug-likeness (QED) is 0.390. The number of rotatable bonds is 11. The van der Waals surface area contributed by atoms with Crippen LogP contribution in [0.4, 0.5) is 15.2 Å². The molecular weight excluding hydrogens is 427 g/mol. The molecule has 0 bridgehead atoms. The van der Waals surface area contributed by atoms with Crippen molar-refractivity contribution in [3.63, 3.8) is 0 Å². The first-order chi connectivity index (χ1) is 13.5. The third kappa shape index (κ3) is 5.74. The van der Waals surface area contributed by atoms with E-state index in [0.29, 0.717) is 18.3 Å². The van der Waals surface area contributed by atoms with Gasteiger partial charge in [0.2, 0.25) is 5.13 Å². The zero-order valence-electron chi connectivity index (χ0n) is 15.0. The SMILES string of the molecule is O=S(=O)(Nc1ncns1)c1cc(Cl)c(NCCCCNC[C@@H]2CCN2)cc1F. The van der Waals surface area contributed by atoms with Gasteiger partial charge in [-0.2, -0.15) is 4.37 Å². The predicted octanol–water partition coefficient (Wildman–Crippen LogP) is 2.28. The Hall–Kier alpha value is -1.53. The van der Waals surface area contributed by atoms with Gasteiger partial charge in [0, 0.05) is 30.7 Å². The zero-order chi connectivity index (χ0) is 20.0. The minimum absolute atomic E-state index is 0.0550. The topological polar surface area (TPSA) is 108 Å². The van der Waals surface area contributed by atoms with E-state index in [9.17, 15) is 12.8 Å². The van der Waals surface area contributed by atoms with E-state index in [1.165, 1.54) is 12.7 Å². The van der Waals surface area contributed by atoms with Gasteiger partial charge >= 0.3 is 0 Å². The summed E-state index contributed by atoms with van der Waals surface area (Å²) in [6, 6.07) is 2.78. The van der Waals surface area contributed by atoms with E-state index in [1.807, 2.05) is 0 Å². The summed E-state index contributed by atoms with van der Waals surface area (Å²) in [5, 5.41) is 9.96. The number of halogens is 2. The Morgan fingerprint density at radius 3 is 2.79 bits per heavy atom. The van der Waals surface area contributed by atoms with Crippen LogP contribution in [0.25, 0.3) is 0 Å². The highest BCUT2D eigenvalue weighted by atomic mass is 35.5. The van der Waals surface area contributed by atoms with Gasteiger partial charge in [0.25, 0.3) is 10.0 Å². The zero-order valence-corrected chi connectivity index (χ0v) is 17.4. The maximum absolute atomic E-state index is 14.4. The molecule has 1 saturated heterocycles. The monoisotopic (exact) mass is 448 g/mol. The van der Waals surface area contributed by atoms with Gasteiger partial charge in [-0.05, 0) is 44.5 Å². The molecule has 2 aromatic rings. The van der Waals surface area contributed by atoms with Gasteiger partial charge in [-0.1, -0.05) is 11.6 Å². The van der Waals surface area contributed by atoms with Crippen molar-refractivity contribution in [3.8, 4) is 0 Å². The summed E-state index contributed by atoms with van der Waals surface area (Å²) >= 11 is 7.00. The van der Waals surface area contributed by atoms with E-state index in [-0.39, 0.29) is 10.2 Å². The molecule has 0 saturated carbocycles. The van der Waals surface area contributed by atoms with Crippen LogP contribution >= 0.6 is 23.1 Å². The lowest BCUT2D eigenvalue weighted by molar-refractivity contribution is 0.353. The Morgan fingerprint density at radius 2 is 2.11 bits per heavy atom. The first kappa shape index (κ1) is 21.2. The maximum atomic E-state index is 14.4. The summed E-state index contributed by atoms with van der Waals surface area (Å²) < 4.78 is 44.9. The number of benzene rings is 1. The standard InChI is InChI=1S/C16H22ClFN6O2S2/c17-12-7-15(28(25,26)24-16-22-10-23-27-16)13(18)8-14(12)21-5-2-1-4-19-9-11-3-6-20-11/h7-8,10-11,19-21H,1-6,9H2,(H,22,23,24)/t11-/m0/s1. The Labute approximate surface area is 172 Å². The van der Waals surface area contributed by atoms with Crippen LogP contribution in [0.1, 0.15) is 19.3 Å². The molecule has 1 aromatic carbocycles. The summed E-state index contributed by atoms with van der Waals surface area (Å²) in [6.07, 6.45) is 4.28. The van der Waals surface area contributed by atoms with Crippen LogP contribution in [0.3, 0.4) is 0 Å². The van der Waals surface area contributed by atoms with Gasteiger partial charge in [-0.25, -0.2) is 17.8 Å². The fourth-order valence-electron chi connectivity index (χ4n) is 2.66. The molecule has 3 rings (SSSR count). The largest absolute Gasteiger partial charge is 0.384 e. The van der Waals surface area contributed by atoms with E-state index in [0.717, 1.165) is 56.1 Å². The average molecular weight is 449 g/mol. The van der Waals surface area contributed by atoms with E-state index in [1.54, 1.807) is 0 Å². The molecular formula is C16H22ClFN6O2S2. The molecule has 0 unspecified atom stereocenters. The van der Waals surface area contributed by atoms with Crippen molar-refractivity contribution in [1.29, 1.82) is 0 Å². The molecule has 1 atom stereocenters. The van der Waals surface area contributed by atoms with Crippen LogP contribution < -0.4 is 20.7 Å². The number of sulfonamides is 1. The molecule has 1 aliphatic rings. The van der Waals surface area contributed by atoms with Gasteiger partial charge in [-0.3, -0.25) is 4.72 Å². The molecule has 12 heteroatoms. The summed E-state index contributed by atoms with van der Waals surface area (Å²) in [4.78, 5) is 3.19. The Balaban J connectivity index is 1.48. The summed E-state index contributed by atoms with van der Waals surface area (Å²) in [5.74, 6) is -0.890. The van der Waals surface area contributed by atoms with E-state index < -0.39 is 20.7 Å². The van der Waals surface area contributed by atoms with Crippen molar-refractivity contribution in [1.82, 2.24) is 20.0 Å². The van der Waals surface area contributed by atoms with Crippen molar-refractivity contribution >= 4 is 44.0 Å². The van der Waals surface area contributed by atoms with E-state index in [2.05, 4.69) is 30.0 Å². The summed E-state index contributed by atoms with van der Waals surface area (Å²) in [7, 11) is -4.14. The number of unbranched alkanes of at least 4 members (excludes halogenated alkanes) is 1. The number of aromatic nitrogens is 2. The highest BCUT2D eigenvalue weighted by Crippen LogP contribution is 2.29. The molecule has 1 fully saturated rings. The van der Waals surface area contributed by atoms with Crippen LogP contribution in [0.5, 0.6) is 0 Å². The lowest BCUT2D eigenvalue weighted by atomic mass is 10.1. The van der Waals surface area contributed by atoms with Gasteiger partial charge in [-0.15, -0.1) is 0 Å². The molecule has 2 heterocycles. The number of nitrogens with one attached hydrogen (secondary N) is 4. The Kier molecular flexibility index (Phi) is 7.41. The molecule has 154 valence electrons. The molecule has 0 aliphatic carbocycles. The Bertz CT molecular complexity index is 878. The molecule has 4 N–H and O–H groups in total. The van der Waals surface area contributed by atoms with Crippen molar-refractivity contribution in [2.75, 3.05) is 36.2 Å². The van der Waals surface area contributed by atoms with E-state index >= 15 is 0 Å². The molecule has 0 amide bonds. The molecule has 1 aliphatic heterocycles. The number of nitrogens with zero attached hydrogens (tertiary/aromatic N) is 2. The highest BCUT2D eigenvalue weighted by Gasteiger charge is 2.22.